The van der Waals surface area contributed by atoms with E-state index in [0.29, 0.717) is 16.9 Å². The number of phenolic OH excluding ortho intramolecular Hbond substituents is 1. The van der Waals surface area contributed by atoms with Gasteiger partial charge in [-0.1, -0.05) is 36.4 Å². The average molecular weight is 359 g/mol. The molecule has 1 heterocycles. The molecule has 4 rings (SSSR count). The van der Waals surface area contributed by atoms with E-state index in [2.05, 4.69) is 39.6 Å². The number of fused-ring (bicyclic) bond motifs is 1. The maximum Gasteiger partial charge on any atom is 0.141 e. The third-order valence-electron chi connectivity index (χ3n) is 5.02. The fourth-order valence-corrected chi connectivity index (χ4v) is 3.52. The van der Waals surface area contributed by atoms with Gasteiger partial charge in [-0.3, -0.25) is 5.41 Å². The van der Waals surface area contributed by atoms with E-state index in [1.807, 2.05) is 6.92 Å². The third-order valence-corrected chi connectivity index (χ3v) is 5.02. The first-order chi connectivity index (χ1) is 13.0. The predicted octanol–water partition coefficient (Wildman–Crippen LogP) is 3.07. The van der Waals surface area contributed by atoms with Crippen LogP contribution < -0.4 is 11.1 Å². The van der Waals surface area contributed by atoms with Crippen molar-refractivity contribution in [3.8, 4) is 5.75 Å². The number of hydrogen-bond acceptors (Lipinski definition) is 6. The van der Waals surface area contributed by atoms with Crippen molar-refractivity contribution in [1.82, 2.24) is 9.97 Å². The highest BCUT2D eigenvalue weighted by atomic mass is 16.3. The predicted molar refractivity (Wildman–Crippen MR) is 106 cm³/mol. The number of anilines is 2. The van der Waals surface area contributed by atoms with Crippen LogP contribution in [0.2, 0.25) is 0 Å². The Bertz CT molecular complexity index is 1010. The number of phenols is 1. The van der Waals surface area contributed by atoms with Crippen LogP contribution in [0.15, 0.2) is 48.8 Å². The summed E-state index contributed by atoms with van der Waals surface area (Å²) < 4.78 is 0. The Morgan fingerprint density at radius 1 is 1.15 bits per heavy atom. The van der Waals surface area contributed by atoms with E-state index < -0.39 is 0 Å². The van der Waals surface area contributed by atoms with Gasteiger partial charge in [0, 0.05) is 11.6 Å². The minimum Gasteiger partial charge on any atom is -0.508 e. The maximum absolute atomic E-state index is 9.99. The summed E-state index contributed by atoms with van der Waals surface area (Å²) in [6, 6.07) is 13.7. The second-order valence-electron chi connectivity index (χ2n) is 6.88. The van der Waals surface area contributed by atoms with Gasteiger partial charge in [-0.2, -0.15) is 0 Å². The summed E-state index contributed by atoms with van der Waals surface area (Å²) in [6.45, 7) is 1.81. The van der Waals surface area contributed by atoms with Crippen molar-refractivity contribution in [2.45, 2.75) is 25.8 Å². The zero-order valence-electron chi connectivity index (χ0n) is 15.0. The SMILES string of the molecule is Cc1ccc(C(=N)c2c(N)ncnc2NC2Cc3ccccc3C2)cc1O. The van der Waals surface area contributed by atoms with Crippen LogP contribution in [0.3, 0.4) is 0 Å². The van der Waals surface area contributed by atoms with Gasteiger partial charge in [-0.05, 0) is 42.5 Å². The smallest absolute Gasteiger partial charge is 0.141 e. The molecule has 0 saturated carbocycles. The van der Waals surface area contributed by atoms with Gasteiger partial charge >= 0.3 is 0 Å². The van der Waals surface area contributed by atoms with Crippen LogP contribution in [0.25, 0.3) is 0 Å². The fourth-order valence-electron chi connectivity index (χ4n) is 3.52. The highest BCUT2D eigenvalue weighted by Gasteiger charge is 2.24. The summed E-state index contributed by atoms with van der Waals surface area (Å²) >= 11 is 0. The van der Waals surface area contributed by atoms with E-state index in [9.17, 15) is 5.11 Å². The summed E-state index contributed by atoms with van der Waals surface area (Å²) in [6.07, 6.45) is 3.21. The first-order valence-corrected chi connectivity index (χ1v) is 8.85. The van der Waals surface area contributed by atoms with Gasteiger partial charge in [0.2, 0.25) is 0 Å². The molecule has 6 heteroatoms. The highest BCUT2D eigenvalue weighted by molar-refractivity contribution is 6.16. The largest absolute Gasteiger partial charge is 0.508 e. The lowest BCUT2D eigenvalue weighted by Gasteiger charge is -2.17. The number of nitrogen functional groups attached to an aromatic ring is 1. The zero-order chi connectivity index (χ0) is 19.0. The van der Waals surface area contributed by atoms with Crippen molar-refractivity contribution < 1.29 is 5.11 Å². The fraction of sp³-hybridized carbons (Fsp3) is 0.190. The second-order valence-corrected chi connectivity index (χ2v) is 6.88. The molecule has 0 spiro atoms. The van der Waals surface area contributed by atoms with Crippen LogP contribution in [0.5, 0.6) is 5.75 Å². The average Bonchev–Trinajstić information content (AvgIpc) is 3.06. The summed E-state index contributed by atoms with van der Waals surface area (Å²) in [7, 11) is 0. The molecule has 2 aromatic carbocycles. The van der Waals surface area contributed by atoms with Crippen molar-refractivity contribution in [3.05, 3.63) is 76.6 Å². The van der Waals surface area contributed by atoms with Crippen LogP contribution >= 0.6 is 0 Å². The molecule has 0 fully saturated rings. The van der Waals surface area contributed by atoms with Gasteiger partial charge in [-0.15, -0.1) is 0 Å². The quantitative estimate of drug-likeness (QED) is 0.536. The van der Waals surface area contributed by atoms with E-state index in [0.717, 1.165) is 18.4 Å². The van der Waals surface area contributed by atoms with Gasteiger partial charge in [-0.25, -0.2) is 9.97 Å². The molecule has 0 aliphatic heterocycles. The number of hydrogen-bond donors (Lipinski definition) is 4. The van der Waals surface area contributed by atoms with Gasteiger partial charge in [0.1, 0.15) is 23.7 Å². The molecule has 3 aromatic rings. The Kier molecular flexibility index (Phi) is 4.24. The van der Waals surface area contributed by atoms with Crippen molar-refractivity contribution >= 4 is 17.3 Å². The first kappa shape index (κ1) is 17.0. The Hall–Kier alpha value is -3.41. The van der Waals surface area contributed by atoms with Gasteiger partial charge < -0.3 is 16.2 Å². The van der Waals surface area contributed by atoms with E-state index in [1.54, 1.807) is 18.2 Å². The molecule has 0 amide bonds. The minimum atomic E-state index is 0.147. The zero-order valence-corrected chi connectivity index (χ0v) is 15.0. The Morgan fingerprint density at radius 3 is 2.52 bits per heavy atom. The van der Waals surface area contributed by atoms with E-state index in [1.165, 1.54) is 17.5 Å². The molecule has 0 atom stereocenters. The number of nitrogens with zero attached hydrogens (tertiary/aromatic N) is 2. The second kappa shape index (κ2) is 6.72. The Morgan fingerprint density at radius 2 is 1.85 bits per heavy atom. The highest BCUT2D eigenvalue weighted by Crippen LogP contribution is 2.28. The molecule has 6 nitrogen and oxygen atoms in total. The maximum atomic E-state index is 9.99. The summed E-state index contributed by atoms with van der Waals surface area (Å²) in [5.41, 5.74) is 10.7. The lowest BCUT2D eigenvalue weighted by Crippen LogP contribution is -2.23. The van der Waals surface area contributed by atoms with Gasteiger partial charge in [0.15, 0.2) is 0 Å². The molecule has 1 aliphatic rings. The molecule has 0 saturated heterocycles. The summed E-state index contributed by atoms with van der Waals surface area (Å²) in [5, 5.41) is 22.0. The van der Waals surface area contributed by atoms with Gasteiger partial charge in [0.25, 0.3) is 0 Å². The number of aryl methyl sites for hydroxylation is 1. The number of nitrogens with two attached hydrogens (primary N) is 1. The van der Waals surface area contributed by atoms with Gasteiger partial charge in [0.05, 0.1) is 11.3 Å². The molecule has 0 unspecified atom stereocenters. The normalized spacial score (nSPS) is 13.4. The molecule has 0 bridgehead atoms. The molecule has 0 radical (unpaired) electrons. The number of aromatic nitrogens is 2. The lowest BCUT2D eigenvalue weighted by molar-refractivity contribution is 0.471. The molecular formula is C21H21N5O. The van der Waals surface area contributed by atoms with Crippen LogP contribution in [-0.4, -0.2) is 26.8 Å². The number of nitrogens with one attached hydrogen (secondary N) is 2. The number of aromatic hydroxyl groups is 1. The monoisotopic (exact) mass is 359 g/mol. The molecular weight excluding hydrogens is 338 g/mol. The molecule has 1 aromatic heterocycles. The minimum absolute atomic E-state index is 0.147. The van der Waals surface area contributed by atoms with E-state index >= 15 is 0 Å². The lowest BCUT2D eigenvalue weighted by atomic mass is 10.0. The first-order valence-electron chi connectivity index (χ1n) is 8.85. The standard InChI is InChI=1S/C21H21N5O/c1-12-6-7-15(10-17(12)27)19(22)18-20(23)24-11-25-21(18)26-16-8-13-4-2-3-5-14(13)9-16/h2-7,10-11,16,22,27H,8-9H2,1H3,(H3,23,24,25,26). The Balaban J connectivity index is 1.64. The summed E-state index contributed by atoms with van der Waals surface area (Å²) in [4.78, 5) is 8.41. The van der Waals surface area contributed by atoms with Crippen LogP contribution in [0, 0.1) is 12.3 Å². The Labute approximate surface area is 157 Å². The topological polar surface area (TPSA) is 108 Å². The summed E-state index contributed by atoms with van der Waals surface area (Å²) in [5.74, 6) is 0.937. The van der Waals surface area contributed by atoms with E-state index in [-0.39, 0.29) is 23.3 Å². The van der Waals surface area contributed by atoms with Crippen molar-refractivity contribution in [3.63, 3.8) is 0 Å². The number of benzene rings is 2. The molecule has 5 N–H and O–H groups in total. The van der Waals surface area contributed by atoms with Crippen molar-refractivity contribution in [2.75, 3.05) is 11.1 Å². The van der Waals surface area contributed by atoms with Crippen LogP contribution in [0.4, 0.5) is 11.6 Å². The van der Waals surface area contributed by atoms with E-state index in [4.69, 9.17) is 11.1 Å². The molecule has 1 aliphatic carbocycles. The van der Waals surface area contributed by atoms with Crippen molar-refractivity contribution in [2.24, 2.45) is 0 Å². The number of rotatable bonds is 4. The van der Waals surface area contributed by atoms with Crippen LogP contribution in [0.1, 0.15) is 27.8 Å². The van der Waals surface area contributed by atoms with Crippen LogP contribution in [-0.2, 0) is 12.8 Å². The molecule has 27 heavy (non-hydrogen) atoms. The van der Waals surface area contributed by atoms with Crippen molar-refractivity contribution in [1.29, 1.82) is 5.41 Å². The third kappa shape index (κ3) is 3.21. The molecule has 136 valence electrons.